The second-order valence-corrected chi connectivity index (χ2v) is 8.09. The number of pyridine rings is 2. The Morgan fingerprint density at radius 1 is 1.11 bits per heavy atom. The molecule has 0 radical (unpaired) electrons. The Morgan fingerprint density at radius 2 is 1.87 bits per heavy atom. The number of carbonyl (C=O) groups is 2. The highest BCUT2D eigenvalue weighted by Crippen LogP contribution is 2.37. The first-order valence-corrected chi connectivity index (χ1v) is 11.1. The van der Waals surface area contributed by atoms with E-state index in [0.717, 1.165) is 24.4 Å². The molecule has 0 saturated carbocycles. The number of primary amides is 1. The Balaban J connectivity index is 0.000000336. The quantitative estimate of drug-likeness (QED) is 0.351. The number of amides is 2. The van der Waals surface area contributed by atoms with Gasteiger partial charge in [-0.15, -0.1) is 0 Å². The lowest BCUT2D eigenvalue weighted by molar-refractivity contribution is -0.137. The van der Waals surface area contributed by atoms with Crippen molar-refractivity contribution in [3.05, 3.63) is 77.4 Å². The molecule has 14 heteroatoms. The number of ether oxygens (including phenoxy) is 1. The van der Waals surface area contributed by atoms with Crippen LogP contribution in [-0.4, -0.2) is 35.0 Å². The minimum Gasteiger partial charge on any atom is -0.397 e. The van der Waals surface area contributed by atoms with E-state index in [1.54, 1.807) is 0 Å². The number of benzene rings is 1. The molecule has 1 saturated heterocycles. The number of anilines is 3. The molecule has 1 fully saturated rings. The van der Waals surface area contributed by atoms with E-state index in [4.69, 9.17) is 16.2 Å². The molecule has 4 rings (SSSR count). The lowest BCUT2D eigenvalue weighted by Gasteiger charge is -2.15. The summed E-state index contributed by atoms with van der Waals surface area (Å²) in [6, 6.07) is 4.88. The van der Waals surface area contributed by atoms with Gasteiger partial charge in [0, 0.05) is 25.1 Å². The molecule has 0 aliphatic carbocycles. The molecule has 2 aromatic heterocycles. The maximum Gasteiger partial charge on any atom is 0.418 e. The SMILES string of the molecule is NC(=O)c1cncc(N)c1.O=C(NCc1ncc(Nc2c(F)cccc2C(F)(F)F)cc1F)[C@@H]1CCOC1. The van der Waals surface area contributed by atoms with E-state index >= 15 is 0 Å². The first-order valence-electron chi connectivity index (χ1n) is 11.1. The molecule has 9 nitrogen and oxygen atoms in total. The number of aromatic nitrogens is 2. The summed E-state index contributed by atoms with van der Waals surface area (Å²) in [6.07, 6.45) is -0.319. The van der Waals surface area contributed by atoms with Crippen LogP contribution in [0, 0.1) is 17.6 Å². The van der Waals surface area contributed by atoms with Gasteiger partial charge in [0.2, 0.25) is 11.8 Å². The summed E-state index contributed by atoms with van der Waals surface area (Å²) >= 11 is 0. The maximum atomic E-state index is 14.2. The second kappa shape index (κ2) is 12.3. The van der Waals surface area contributed by atoms with Gasteiger partial charge in [0.1, 0.15) is 11.6 Å². The molecule has 2 amide bonds. The molecule has 38 heavy (non-hydrogen) atoms. The summed E-state index contributed by atoms with van der Waals surface area (Å²) in [5, 5.41) is 4.76. The Kier molecular flexibility index (Phi) is 9.12. The van der Waals surface area contributed by atoms with Gasteiger partial charge in [0.15, 0.2) is 0 Å². The maximum absolute atomic E-state index is 14.2. The van der Waals surface area contributed by atoms with Crippen molar-refractivity contribution in [1.82, 2.24) is 15.3 Å². The Hall–Kier alpha value is -4.33. The van der Waals surface area contributed by atoms with Crippen LogP contribution in [0.4, 0.5) is 39.0 Å². The van der Waals surface area contributed by atoms with Gasteiger partial charge in [0.25, 0.3) is 0 Å². The van der Waals surface area contributed by atoms with Gasteiger partial charge in [-0.05, 0) is 24.6 Å². The fourth-order valence-corrected chi connectivity index (χ4v) is 3.35. The van der Waals surface area contributed by atoms with E-state index in [1.807, 2.05) is 0 Å². The van der Waals surface area contributed by atoms with Gasteiger partial charge in [-0.3, -0.25) is 19.6 Å². The zero-order valence-corrected chi connectivity index (χ0v) is 19.7. The highest BCUT2D eigenvalue weighted by molar-refractivity contribution is 5.93. The van der Waals surface area contributed by atoms with Crippen molar-refractivity contribution in [2.45, 2.75) is 19.1 Å². The molecule has 6 N–H and O–H groups in total. The number of nitrogens with one attached hydrogen (secondary N) is 2. The van der Waals surface area contributed by atoms with Crippen LogP contribution in [0.5, 0.6) is 0 Å². The first kappa shape index (κ1) is 28.2. The molecule has 1 aliphatic rings. The van der Waals surface area contributed by atoms with Crippen molar-refractivity contribution in [3.63, 3.8) is 0 Å². The summed E-state index contributed by atoms with van der Waals surface area (Å²) in [5.74, 6) is -3.09. The van der Waals surface area contributed by atoms with E-state index in [2.05, 4.69) is 20.6 Å². The van der Waals surface area contributed by atoms with Gasteiger partial charge < -0.3 is 26.8 Å². The smallest absolute Gasteiger partial charge is 0.397 e. The van der Waals surface area contributed by atoms with Crippen LogP contribution in [0.2, 0.25) is 0 Å². The second-order valence-electron chi connectivity index (χ2n) is 8.09. The number of hydrogen-bond donors (Lipinski definition) is 4. The van der Waals surface area contributed by atoms with Gasteiger partial charge in [0.05, 0.1) is 59.1 Å². The average Bonchev–Trinajstić information content (AvgIpc) is 3.40. The molecule has 3 aromatic rings. The molecule has 1 atom stereocenters. The molecule has 3 heterocycles. The summed E-state index contributed by atoms with van der Waals surface area (Å²) < 4.78 is 72.3. The zero-order chi connectivity index (χ0) is 27.9. The average molecular weight is 538 g/mol. The van der Waals surface area contributed by atoms with E-state index in [1.165, 1.54) is 18.5 Å². The third kappa shape index (κ3) is 7.59. The van der Waals surface area contributed by atoms with Crippen molar-refractivity contribution >= 4 is 28.9 Å². The fourth-order valence-electron chi connectivity index (χ4n) is 3.35. The van der Waals surface area contributed by atoms with Crippen LogP contribution in [-0.2, 0) is 22.3 Å². The Morgan fingerprint density at radius 3 is 2.45 bits per heavy atom. The van der Waals surface area contributed by atoms with Crippen molar-refractivity contribution in [2.75, 3.05) is 24.3 Å². The summed E-state index contributed by atoms with van der Waals surface area (Å²) in [5.41, 5.74) is 8.75. The van der Waals surface area contributed by atoms with Crippen molar-refractivity contribution in [2.24, 2.45) is 11.7 Å². The topological polar surface area (TPSA) is 145 Å². The third-order valence-corrected chi connectivity index (χ3v) is 5.28. The number of hydrogen-bond acceptors (Lipinski definition) is 7. The van der Waals surface area contributed by atoms with E-state index < -0.39 is 35.0 Å². The minimum atomic E-state index is -4.79. The van der Waals surface area contributed by atoms with Gasteiger partial charge in [-0.1, -0.05) is 6.07 Å². The molecule has 0 unspecified atom stereocenters. The highest BCUT2D eigenvalue weighted by atomic mass is 19.4. The highest BCUT2D eigenvalue weighted by Gasteiger charge is 2.34. The lowest BCUT2D eigenvalue weighted by Crippen LogP contribution is -2.31. The summed E-state index contributed by atoms with van der Waals surface area (Å²) in [6.45, 7) is 0.602. The van der Waals surface area contributed by atoms with Crippen LogP contribution in [0.1, 0.15) is 28.0 Å². The van der Waals surface area contributed by atoms with Crippen LogP contribution < -0.4 is 22.1 Å². The van der Waals surface area contributed by atoms with Crippen molar-refractivity contribution in [1.29, 1.82) is 0 Å². The standard InChI is InChI=1S/C18H16F5N3O2.C6H7N3O/c19-13-3-1-2-12(18(21,22)23)16(13)26-11-6-14(20)15(24-7-11)8-25-17(27)10-4-5-28-9-10;7-5-1-4(6(8)10)2-9-3-5/h1-3,6-7,10,26H,4-5,8-9H2,(H,25,27);1-3H,7H2,(H2,8,10)/t10-;/m1./s1. The third-order valence-electron chi connectivity index (χ3n) is 5.28. The van der Waals surface area contributed by atoms with Crippen molar-refractivity contribution in [3.8, 4) is 0 Å². The van der Waals surface area contributed by atoms with E-state index in [0.29, 0.717) is 37.0 Å². The van der Waals surface area contributed by atoms with Crippen LogP contribution in [0.3, 0.4) is 0 Å². The predicted molar refractivity (Wildman–Crippen MR) is 127 cm³/mol. The van der Waals surface area contributed by atoms with E-state index in [9.17, 15) is 31.5 Å². The van der Waals surface area contributed by atoms with Gasteiger partial charge in [-0.2, -0.15) is 13.2 Å². The fraction of sp³-hybridized carbons (Fsp3) is 0.250. The Labute approximate surface area is 213 Å². The molecule has 1 aromatic carbocycles. The number of carbonyl (C=O) groups excluding carboxylic acids is 2. The number of alkyl halides is 3. The van der Waals surface area contributed by atoms with E-state index in [-0.39, 0.29) is 29.8 Å². The monoisotopic (exact) mass is 538 g/mol. The predicted octanol–water partition coefficient (Wildman–Crippen LogP) is 3.54. The molecular weight excluding hydrogens is 515 g/mol. The zero-order valence-electron chi connectivity index (χ0n) is 19.7. The molecule has 0 bridgehead atoms. The van der Waals surface area contributed by atoms with Crippen molar-refractivity contribution < 1.29 is 36.3 Å². The minimum absolute atomic E-state index is 0.0950. The molecule has 202 valence electrons. The van der Waals surface area contributed by atoms with Crippen LogP contribution in [0.15, 0.2) is 48.9 Å². The first-order chi connectivity index (χ1) is 18.0. The number of nitrogens with zero attached hydrogens (tertiary/aromatic N) is 2. The molecular formula is C24H23F5N6O3. The summed E-state index contributed by atoms with van der Waals surface area (Å²) in [7, 11) is 0. The molecule has 1 aliphatic heterocycles. The number of nitrogens with two attached hydrogens (primary N) is 2. The van der Waals surface area contributed by atoms with Gasteiger partial charge in [-0.25, -0.2) is 8.78 Å². The number of rotatable bonds is 6. The van der Waals surface area contributed by atoms with Crippen LogP contribution >= 0.6 is 0 Å². The number of halogens is 5. The Bertz CT molecular complexity index is 1300. The number of nitrogen functional groups attached to an aromatic ring is 1. The number of para-hydroxylation sites is 1. The largest absolute Gasteiger partial charge is 0.418 e. The molecule has 0 spiro atoms. The normalized spacial score (nSPS) is 14.8. The van der Waals surface area contributed by atoms with Gasteiger partial charge >= 0.3 is 6.18 Å². The summed E-state index contributed by atoms with van der Waals surface area (Å²) in [4.78, 5) is 29.9. The van der Waals surface area contributed by atoms with Crippen LogP contribution in [0.25, 0.3) is 0 Å². The lowest BCUT2D eigenvalue weighted by atomic mass is 10.1.